The van der Waals surface area contributed by atoms with Crippen molar-refractivity contribution in [2.24, 2.45) is 0 Å². The monoisotopic (exact) mass is 281 g/mol. The summed E-state index contributed by atoms with van der Waals surface area (Å²) in [4.78, 5) is 13.1. The predicted octanol–water partition coefficient (Wildman–Crippen LogP) is 2.25. The number of rotatable bonds is 8. The lowest BCUT2D eigenvalue weighted by Gasteiger charge is -2.19. The fourth-order valence-corrected chi connectivity index (χ4v) is 1.85. The molecule has 0 fully saturated rings. The minimum atomic E-state index is -0.931. The lowest BCUT2D eigenvalue weighted by Crippen LogP contribution is -2.24. The van der Waals surface area contributed by atoms with Gasteiger partial charge < -0.3 is 14.6 Å². The van der Waals surface area contributed by atoms with Gasteiger partial charge in [-0.2, -0.15) is 0 Å². The minimum absolute atomic E-state index is 0.216. The molecular weight excluding hydrogens is 258 g/mol. The van der Waals surface area contributed by atoms with Gasteiger partial charge >= 0.3 is 5.97 Å². The molecule has 0 amide bonds. The predicted molar refractivity (Wildman–Crippen MR) is 77.4 cm³/mol. The summed E-state index contributed by atoms with van der Waals surface area (Å²) in [5, 5.41) is 9.04. The number of hydrogen-bond acceptors (Lipinski definition) is 4. The highest BCUT2D eigenvalue weighted by Crippen LogP contribution is 2.21. The summed E-state index contributed by atoms with van der Waals surface area (Å²) in [6, 6.07) is 4.89. The summed E-state index contributed by atoms with van der Waals surface area (Å²) < 4.78 is 10.8. The summed E-state index contributed by atoms with van der Waals surface area (Å²) >= 11 is 0. The number of ether oxygens (including phenoxy) is 2. The van der Waals surface area contributed by atoms with Crippen molar-refractivity contribution in [1.82, 2.24) is 4.90 Å². The summed E-state index contributed by atoms with van der Waals surface area (Å²) in [5.74, 6) is -0.230. The first-order valence-electron chi connectivity index (χ1n) is 6.64. The van der Waals surface area contributed by atoms with Gasteiger partial charge in [-0.1, -0.05) is 0 Å². The molecule has 1 aromatic carbocycles. The van der Waals surface area contributed by atoms with Gasteiger partial charge in [-0.3, -0.25) is 4.90 Å². The number of methoxy groups -OCH3 is 1. The Labute approximate surface area is 120 Å². The van der Waals surface area contributed by atoms with Gasteiger partial charge in [-0.05, 0) is 39.1 Å². The SMILES string of the molecule is COc1ccc(C(=O)O)cc1CN(C)CCOC(C)C. The zero-order chi connectivity index (χ0) is 15.1. The van der Waals surface area contributed by atoms with Crippen molar-refractivity contribution in [2.75, 3.05) is 27.3 Å². The van der Waals surface area contributed by atoms with Crippen LogP contribution in [-0.2, 0) is 11.3 Å². The van der Waals surface area contributed by atoms with Crippen molar-refractivity contribution in [3.05, 3.63) is 29.3 Å². The van der Waals surface area contributed by atoms with Crippen molar-refractivity contribution in [1.29, 1.82) is 0 Å². The molecule has 0 aliphatic rings. The van der Waals surface area contributed by atoms with E-state index in [4.69, 9.17) is 14.6 Å². The molecule has 1 rings (SSSR count). The van der Waals surface area contributed by atoms with Crippen LogP contribution in [0.1, 0.15) is 29.8 Å². The fraction of sp³-hybridized carbons (Fsp3) is 0.533. The average Bonchev–Trinajstić information content (AvgIpc) is 2.38. The van der Waals surface area contributed by atoms with Crippen LogP contribution < -0.4 is 4.74 Å². The van der Waals surface area contributed by atoms with Crippen molar-refractivity contribution < 1.29 is 19.4 Å². The highest BCUT2D eigenvalue weighted by Gasteiger charge is 2.11. The normalized spacial score (nSPS) is 11.1. The van der Waals surface area contributed by atoms with Crippen molar-refractivity contribution in [3.8, 4) is 5.75 Å². The summed E-state index contributed by atoms with van der Waals surface area (Å²) in [6.07, 6.45) is 0.216. The van der Waals surface area contributed by atoms with Crippen LogP contribution in [0.15, 0.2) is 18.2 Å². The summed E-state index contributed by atoms with van der Waals surface area (Å²) in [5.41, 5.74) is 1.13. The van der Waals surface area contributed by atoms with Crippen LogP contribution in [-0.4, -0.2) is 49.4 Å². The number of likely N-dealkylation sites (N-methyl/N-ethyl adjacent to an activating group) is 1. The van der Waals surface area contributed by atoms with Crippen LogP contribution in [0, 0.1) is 0 Å². The molecule has 0 aliphatic carbocycles. The molecule has 0 aromatic heterocycles. The topological polar surface area (TPSA) is 59.0 Å². The van der Waals surface area contributed by atoms with E-state index in [0.29, 0.717) is 18.9 Å². The molecule has 20 heavy (non-hydrogen) atoms. The molecule has 0 atom stereocenters. The lowest BCUT2D eigenvalue weighted by atomic mass is 10.1. The number of carbonyl (C=O) groups is 1. The van der Waals surface area contributed by atoms with E-state index in [0.717, 1.165) is 12.1 Å². The first-order chi connectivity index (χ1) is 9.43. The first-order valence-corrected chi connectivity index (χ1v) is 6.64. The van der Waals surface area contributed by atoms with E-state index in [9.17, 15) is 4.79 Å². The first kappa shape index (κ1) is 16.5. The van der Waals surface area contributed by atoms with Crippen LogP contribution in [0.4, 0.5) is 0 Å². The van der Waals surface area contributed by atoms with E-state index in [-0.39, 0.29) is 11.7 Å². The van der Waals surface area contributed by atoms with Gasteiger partial charge in [0.15, 0.2) is 0 Å². The van der Waals surface area contributed by atoms with Gasteiger partial charge in [-0.25, -0.2) is 4.79 Å². The molecule has 0 unspecified atom stereocenters. The summed E-state index contributed by atoms with van der Waals surface area (Å²) in [7, 11) is 3.55. The molecule has 5 nitrogen and oxygen atoms in total. The van der Waals surface area contributed by atoms with Gasteiger partial charge in [0.2, 0.25) is 0 Å². The van der Waals surface area contributed by atoms with Crippen LogP contribution in [0.5, 0.6) is 5.75 Å². The molecule has 1 aromatic rings. The van der Waals surface area contributed by atoms with Gasteiger partial charge in [0.05, 0.1) is 25.4 Å². The largest absolute Gasteiger partial charge is 0.496 e. The molecule has 0 saturated carbocycles. The Morgan fingerprint density at radius 3 is 2.65 bits per heavy atom. The second-order valence-corrected chi connectivity index (χ2v) is 4.99. The lowest BCUT2D eigenvalue weighted by molar-refractivity contribution is 0.0624. The molecule has 1 N–H and O–H groups in total. The minimum Gasteiger partial charge on any atom is -0.496 e. The van der Waals surface area contributed by atoms with Gasteiger partial charge in [0.25, 0.3) is 0 Å². The third kappa shape index (κ3) is 5.19. The molecular formula is C15H23NO4. The third-order valence-corrected chi connectivity index (χ3v) is 2.89. The van der Waals surface area contributed by atoms with Gasteiger partial charge in [0, 0.05) is 18.7 Å². The number of carboxylic acid groups (broad SMARTS) is 1. The van der Waals surface area contributed by atoms with E-state index < -0.39 is 5.97 Å². The quantitative estimate of drug-likeness (QED) is 0.792. The standard InChI is InChI=1S/C15H23NO4/c1-11(2)20-8-7-16(3)10-13-9-12(15(17)18)5-6-14(13)19-4/h5-6,9,11H,7-8,10H2,1-4H3,(H,17,18). The Hall–Kier alpha value is -1.59. The highest BCUT2D eigenvalue weighted by molar-refractivity contribution is 5.88. The number of hydrogen-bond donors (Lipinski definition) is 1. The van der Waals surface area contributed by atoms with Gasteiger partial charge in [-0.15, -0.1) is 0 Å². The molecule has 0 heterocycles. The molecule has 0 aliphatic heterocycles. The maximum Gasteiger partial charge on any atom is 0.335 e. The van der Waals surface area contributed by atoms with Crippen LogP contribution in [0.25, 0.3) is 0 Å². The Morgan fingerprint density at radius 1 is 1.40 bits per heavy atom. The van der Waals surface area contributed by atoms with Crippen molar-refractivity contribution in [3.63, 3.8) is 0 Å². The van der Waals surface area contributed by atoms with E-state index >= 15 is 0 Å². The number of benzene rings is 1. The molecule has 5 heteroatoms. The maximum absolute atomic E-state index is 11.0. The number of nitrogens with zero attached hydrogens (tertiary/aromatic N) is 1. The second-order valence-electron chi connectivity index (χ2n) is 4.99. The Balaban J connectivity index is 2.69. The zero-order valence-corrected chi connectivity index (χ0v) is 12.5. The highest BCUT2D eigenvalue weighted by atomic mass is 16.5. The van der Waals surface area contributed by atoms with Crippen LogP contribution >= 0.6 is 0 Å². The average molecular weight is 281 g/mol. The maximum atomic E-state index is 11.0. The third-order valence-electron chi connectivity index (χ3n) is 2.89. The van der Waals surface area contributed by atoms with E-state index in [1.165, 1.54) is 0 Å². The Kier molecular flexibility index (Phi) is 6.48. The van der Waals surface area contributed by atoms with E-state index in [1.807, 2.05) is 20.9 Å². The second kappa shape index (κ2) is 7.87. The van der Waals surface area contributed by atoms with E-state index in [2.05, 4.69) is 4.90 Å². The molecule has 0 radical (unpaired) electrons. The van der Waals surface area contributed by atoms with E-state index in [1.54, 1.807) is 25.3 Å². The Bertz CT molecular complexity index is 445. The molecule has 0 bridgehead atoms. The fourth-order valence-electron chi connectivity index (χ4n) is 1.85. The molecule has 0 spiro atoms. The van der Waals surface area contributed by atoms with Crippen LogP contribution in [0.2, 0.25) is 0 Å². The smallest absolute Gasteiger partial charge is 0.335 e. The number of carboxylic acids is 1. The van der Waals surface area contributed by atoms with Gasteiger partial charge in [0.1, 0.15) is 5.75 Å². The molecule has 0 saturated heterocycles. The number of aromatic carboxylic acids is 1. The van der Waals surface area contributed by atoms with Crippen molar-refractivity contribution in [2.45, 2.75) is 26.5 Å². The Morgan fingerprint density at radius 2 is 2.10 bits per heavy atom. The van der Waals surface area contributed by atoms with Crippen molar-refractivity contribution >= 4 is 5.97 Å². The van der Waals surface area contributed by atoms with Crippen LogP contribution in [0.3, 0.4) is 0 Å². The zero-order valence-electron chi connectivity index (χ0n) is 12.5. The summed E-state index contributed by atoms with van der Waals surface area (Å²) in [6.45, 7) is 6.04. The molecule has 112 valence electrons.